The Bertz CT molecular complexity index is 657. The summed E-state index contributed by atoms with van der Waals surface area (Å²) in [6.07, 6.45) is 1.44. The van der Waals surface area contributed by atoms with Gasteiger partial charge in [0.1, 0.15) is 0 Å². The standard InChI is InChI=1S/C14H8BrCl2NO2/c15-10-3-1-9(2-4-10)8-18-20-14(19)12-6-5-11(16)7-13(12)17/h1-8H/b18-8-. The number of hydrogen-bond donors (Lipinski definition) is 0. The lowest BCUT2D eigenvalue weighted by molar-refractivity contribution is 0.0519. The van der Waals surface area contributed by atoms with E-state index in [1.54, 1.807) is 6.07 Å². The third-order valence-electron chi connectivity index (χ3n) is 2.36. The maximum absolute atomic E-state index is 11.8. The second-order valence-electron chi connectivity index (χ2n) is 3.79. The summed E-state index contributed by atoms with van der Waals surface area (Å²) >= 11 is 15.0. The zero-order valence-electron chi connectivity index (χ0n) is 10.0. The van der Waals surface area contributed by atoms with Crippen molar-refractivity contribution < 1.29 is 9.63 Å². The molecule has 0 saturated carbocycles. The molecule has 102 valence electrons. The molecule has 20 heavy (non-hydrogen) atoms. The minimum absolute atomic E-state index is 0.212. The molecular weight excluding hydrogens is 365 g/mol. The van der Waals surface area contributed by atoms with Gasteiger partial charge in [-0.25, -0.2) is 4.79 Å². The van der Waals surface area contributed by atoms with Crippen molar-refractivity contribution in [1.82, 2.24) is 0 Å². The molecule has 0 aliphatic rings. The van der Waals surface area contributed by atoms with Gasteiger partial charge in [0.2, 0.25) is 0 Å². The topological polar surface area (TPSA) is 38.7 Å². The first-order valence-electron chi connectivity index (χ1n) is 5.51. The molecule has 2 aromatic rings. The minimum atomic E-state index is -0.639. The fraction of sp³-hybridized carbons (Fsp3) is 0. The van der Waals surface area contributed by atoms with E-state index in [2.05, 4.69) is 21.1 Å². The van der Waals surface area contributed by atoms with E-state index in [4.69, 9.17) is 28.0 Å². The summed E-state index contributed by atoms with van der Waals surface area (Å²) in [5.74, 6) is -0.639. The Balaban J connectivity index is 2.03. The van der Waals surface area contributed by atoms with Gasteiger partial charge in [-0.15, -0.1) is 0 Å². The van der Waals surface area contributed by atoms with Gasteiger partial charge in [0.25, 0.3) is 0 Å². The molecule has 0 atom stereocenters. The molecule has 0 radical (unpaired) electrons. The predicted octanol–water partition coefficient (Wildman–Crippen LogP) is 4.95. The largest absolute Gasteiger partial charge is 0.367 e. The van der Waals surface area contributed by atoms with Gasteiger partial charge in [0.05, 0.1) is 16.8 Å². The number of benzene rings is 2. The van der Waals surface area contributed by atoms with Crippen LogP contribution in [-0.2, 0) is 4.84 Å². The number of halogens is 3. The zero-order chi connectivity index (χ0) is 14.5. The number of oxime groups is 1. The molecule has 0 spiro atoms. The Kier molecular flexibility index (Phi) is 5.17. The molecule has 0 fully saturated rings. The molecule has 6 heteroatoms. The van der Waals surface area contributed by atoms with Crippen LogP contribution in [0.25, 0.3) is 0 Å². The molecule has 0 aromatic heterocycles. The number of carbonyl (C=O) groups excluding carboxylic acids is 1. The average Bonchev–Trinajstić information content (AvgIpc) is 2.41. The molecule has 0 saturated heterocycles. The highest BCUT2D eigenvalue weighted by molar-refractivity contribution is 9.10. The van der Waals surface area contributed by atoms with Crippen molar-refractivity contribution in [2.75, 3.05) is 0 Å². The number of hydrogen-bond acceptors (Lipinski definition) is 3. The highest BCUT2D eigenvalue weighted by Gasteiger charge is 2.11. The molecule has 2 aromatic carbocycles. The van der Waals surface area contributed by atoms with Gasteiger partial charge in [-0.3, -0.25) is 0 Å². The third-order valence-corrected chi connectivity index (χ3v) is 3.43. The molecule has 0 aliphatic carbocycles. The predicted molar refractivity (Wildman–Crippen MR) is 83.6 cm³/mol. The van der Waals surface area contributed by atoms with E-state index in [-0.39, 0.29) is 10.6 Å². The van der Waals surface area contributed by atoms with E-state index in [0.29, 0.717) is 5.02 Å². The van der Waals surface area contributed by atoms with Gasteiger partial charge in [-0.05, 0) is 35.9 Å². The molecule has 0 unspecified atom stereocenters. The van der Waals surface area contributed by atoms with Crippen LogP contribution in [0.1, 0.15) is 15.9 Å². The van der Waals surface area contributed by atoms with Crippen molar-refractivity contribution in [3.63, 3.8) is 0 Å². The molecule has 0 aliphatic heterocycles. The third kappa shape index (κ3) is 4.07. The first-order chi connectivity index (χ1) is 9.56. The lowest BCUT2D eigenvalue weighted by atomic mass is 10.2. The Hall–Kier alpha value is -1.36. The van der Waals surface area contributed by atoms with Crippen LogP contribution in [0.4, 0.5) is 0 Å². The van der Waals surface area contributed by atoms with Crippen molar-refractivity contribution in [2.24, 2.45) is 5.16 Å². The van der Waals surface area contributed by atoms with Gasteiger partial charge in [-0.1, -0.05) is 56.4 Å². The lowest BCUT2D eigenvalue weighted by Gasteiger charge is -2.01. The van der Waals surface area contributed by atoms with Crippen molar-refractivity contribution in [1.29, 1.82) is 0 Å². The molecular formula is C14H8BrCl2NO2. The highest BCUT2D eigenvalue weighted by Crippen LogP contribution is 2.21. The van der Waals surface area contributed by atoms with E-state index in [1.807, 2.05) is 24.3 Å². The van der Waals surface area contributed by atoms with Crippen LogP contribution in [0, 0.1) is 0 Å². The first kappa shape index (κ1) is 15.0. The fourth-order valence-corrected chi connectivity index (χ4v) is 2.14. The average molecular weight is 373 g/mol. The zero-order valence-corrected chi connectivity index (χ0v) is 13.1. The smallest absolute Gasteiger partial charge is 0.313 e. The first-order valence-corrected chi connectivity index (χ1v) is 7.06. The number of nitrogens with zero attached hydrogens (tertiary/aromatic N) is 1. The molecule has 0 amide bonds. The Morgan fingerprint density at radius 2 is 1.85 bits per heavy atom. The van der Waals surface area contributed by atoms with Crippen LogP contribution < -0.4 is 0 Å². The Labute approximate surface area is 134 Å². The lowest BCUT2D eigenvalue weighted by Crippen LogP contribution is -2.01. The summed E-state index contributed by atoms with van der Waals surface area (Å²) in [6.45, 7) is 0. The van der Waals surface area contributed by atoms with Crippen LogP contribution in [0.5, 0.6) is 0 Å². The summed E-state index contributed by atoms with van der Waals surface area (Å²) < 4.78 is 0.958. The Morgan fingerprint density at radius 3 is 2.50 bits per heavy atom. The fourth-order valence-electron chi connectivity index (χ4n) is 1.39. The molecule has 0 bridgehead atoms. The summed E-state index contributed by atoms with van der Waals surface area (Å²) in [6, 6.07) is 11.9. The highest BCUT2D eigenvalue weighted by atomic mass is 79.9. The van der Waals surface area contributed by atoms with Crippen LogP contribution in [0.15, 0.2) is 52.1 Å². The SMILES string of the molecule is O=C(O/N=C\c1ccc(Br)cc1)c1ccc(Cl)cc1Cl. The minimum Gasteiger partial charge on any atom is -0.313 e. The van der Waals surface area contributed by atoms with Crippen molar-refractivity contribution in [2.45, 2.75) is 0 Å². The number of carbonyl (C=O) groups is 1. The quantitative estimate of drug-likeness (QED) is 0.434. The van der Waals surface area contributed by atoms with Gasteiger partial charge < -0.3 is 4.84 Å². The van der Waals surface area contributed by atoms with Crippen LogP contribution in [-0.4, -0.2) is 12.2 Å². The monoisotopic (exact) mass is 371 g/mol. The normalized spacial score (nSPS) is 10.8. The summed E-state index contributed by atoms with van der Waals surface area (Å²) in [7, 11) is 0. The van der Waals surface area contributed by atoms with Crippen molar-refractivity contribution in [3.8, 4) is 0 Å². The van der Waals surface area contributed by atoms with Gasteiger partial charge in [0, 0.05) is 9.50 Å². The second kappa shape index (κ2) is 6.88. The summed E-state index contributed by atoms with van der Waals surface area (Å²) in [5, 5.41) is 4.30. The van der Waals surface area contributed by atoms with E-state index in [0.717, 1.165) is 10.0 Å². The van der Waals surface area contributed by atoms with Crippen LogP contribution >= 0.6 is 39.1 Å². The van der Waals surface area contributed by atoms with Gasteiger partial charge >= 0.3 is 5.97 Å². The van der Waals surface area contributed by atoms with Crippen LogP contribution in [0.3, 0.4) is 0 Å². The molecule has 3 nitrogen and oxygen atoms in total. The molecule has 0 N–H and O–H groups in total. The molecule has 0 heterocycles. The summed E-state index contributed by atoms with van der Waals surface area (Å²) in [5.41, 5.74) is 1.02. The van der Waals surface area contributed by atoms with Crippen LogP contribution in [0.2, 0.25) is 10.0 Å². The van der Waals surface area contributed by atoms with Gasteiger partial charge in [-0.2, -0.15) is 0 Å². The van der Waals surface area contributed by atoms with E-state index >= 15 is 0 Å². The second-order valence-corrected chi connectivity index (χ2v) is 5.55. The van der Waals surface area contributed by atoms with Crippen molar-refractivity contribution >= 4 is 51.3 Å². The molecule has 2 rings (SSSR count). The van der Waals surface area contributed by atoms with Gasteiger partial charge in [0.15, 0.2) is 0 Å². The Morgan fingerprint density at radius 1 is 1.15 bits per heavy atom. The van der Waals surface area contributed by atoms with E-state index < -0.39 is 5.97 Å². The number of rotatable bonds is 3. The van der Waals surface area contributed by atoms with E-state index in [1.165, 1.54) is 18.3 Å². The summed E-state index contributed by atoms with van der Waals surface area (Å²) in [4.78, 5) is 16.5. The van der Waals surface area contributed by atoms with Crippen molar-refractivity contribution in [3.05, 3.63) is 68.1 Å². The maximum Gasteiger partial charge on any atom is 0.367 e. The maximum atomic E-state index is 11.8. The van der Waals surface area contributed by atoms with E-state index in [9.17, 15) is 4.79 Å².